The Labute approximate surface area is 175 Å². The molecule has 2 N–H and O–H groups in total. The summed E-state index contributed by atoms with van der Waals surface area (Å²) in [5.74, 6) is 2.47. The summed E-state index contributed by atoms with van der Waals surface area (Å²) in [6.07, 6.45) is 2.24. The first kappa shape index (κ1) is 23.0. The molecule has 0 bridgehead atoms. The van der Waals surface area contributed by atoms with Crippen LogP contribution in [0.4, 0.5) is 0 Å². The molecule has 1 unspecified atom stereocenters. The fourth-order valence-corrected chi connectivity index (χ4v) is 2.67. The largest absolute Gasteiger partial charge is 0.488 e. The number of hydrogen-bond acceptors (Lipinski definition) is 3. The third-order valence-electron chi connectivity index (χ3n) is 4.17. The summed E-state index contributed by atoms with van der Waals surface area (Å²) in [6.45, 7) is 12.5. The maximum atomic E-state index is 6.16. The van der Waals surface area contributed by atoms with Gasteiger partial charge in [0.2, 0.25) is 0 Å². The Balaban J connectivity index is 0.00000338. The van der Waals surface area contributed by atoms with E-state index in [9.17, 15) is 0 Å². The van der Waals surface area contributed by atoms with Crippen LogP contribution in [0.5, 0.6) is 5.75 Å². The van der Waals surface area contributed by atoms with Crippen LogP contribution in [-0.2, 0) is 11.3 Å². The molecule has 26 heavy (non-hydrogen) atoms. The maximum absolute atomic E-state index is 6.16. The van der Waals surface area contributed by atoms with E-state index in [0.29, 0.717) is 19.1 Å². The molecule has 1 aromatic carbocycles. The van der Waals surface area contributed by atoms with E-state index >= 15 is 0 Å². The molecule has 0 amide bonds. The van der Waals surface area contributed by atoms with Gasteiger partial charge in [-0.2, -0.15) is 0 Å². The molecular formula is C20H34IN3O2. The summed E-state index contributed by atoms with van der Waals surface area (Å²) < 4.78 is 11.6. The normalized spacial score (nSPS) is 17.1. The van der Waals surface area contributed by atoms with Gasteiger partial charge in [0.1, 0.15) is 11.9 Å². The molecule has 1 aliphatic heterocycles. The first-order valence-electron chi connectivity index (χ1n) is 9.44. The van der Waals surface area contributed by atoms with Crippen molar-refractivity contribution in [3.05, 3.63) is 29.3 Å². The average molecular weight is 475 g/mol. The Hall–Kier alpha value is -1.02. The van der Waals surface area contributed by atoms with E-state index in [0.717, 1.165) is 49.8 Å². The minimum atomic E-state index is 0. The van der Waals surface area contributed by atoms with Gasteiger partial charge in [-0.25, -0.2) is 4.99 Å². The van der Waals surface area contributed by atoms with Crippen LogP contribution in [-0.4, -0.2) is 38.4 Å². The molecule has 148 valence electrons. The van der Waals surface area contributed by atoms with Crippen molar-refractivity contribution < 1.29 is 9.47 Å². The molecule has 0 aromatic heterocycles. The number of aryl methyl sites for hydroxylation is 1. The third kappa shape index (κ3) is 8.12. The van der Waals surface area contributed by atoms with Gasteiger partial charge in [-0.15, -0.1) is 24.0 Å². The van der Waals surface area contributed by atoms with Gasteiger partial charge >= 0.3 is 0 Å². The number of halogens is 1. The van der Waals surface area contributed by atoms with Crippen molar-refractivity contribution in [1.82, 2.24) is 10.6 Å². The Kier molecular flexibility index (Phi) is 11.0. The van der Waals surface area contributed by atoms with Gasteiger partial charge in [-0.05, 0) is 37.8 Å². The van der Waals surface area contributed by atoms with Gasteiger partial charge in [0, 0.05) is 25.1 Å². The number of nitrogens with one attached hydrogen (secondary N) is 2. The first-order valence-corrected chi connectivity index (χ1v) is 9.44. The van der Waals surface area contributed by atoms with E-state index in [4.69, 9.17) is 14.5 Å². The number of hydrogen-bond donors (Lipinski definition) is 2. The zero-order chi connectivity index (χ0) is 18.1. The molecule has 1 aliphatic rings. The predicted octanol–water partition coefficient (Wildman–Crippen LogP) is 3.88. The van der Waals surface area contributed by atoms with E-state index in [-0.39, 0.29) is 30.1 Å². The second-order valence-electron chi connectivity index (χ2n) is 7.02. The van der Waals surface area contributed by atoms with Crippen LogP contribution in [0.15, 0.2) is 23.2 Å². The van der Waals surface area contributed by atoms with Crippen LogP contribution >= 0.6 is 24.0 Å². The zero-order valence-electron chi connectivity index (χ0n) is 16.5. The third-order valence-corrected chi connectivity index (χ3v) is 4.17. The highest BCUT2D eigenvalue weighted by molar-refractivity contribution is 14.0. The van der Waals surface area contributed by atoms with E-state index in [1.165, 1.54) is 5.56 Å². The number of aliphatic imine (C=N–C) groups is 1. The quantitative estimate of drug-likeness (QED) is 0.341. The van der Waals surface area contributed by atoms with Crippen molar-refractivity contribution in [3.63, 3.8) is 0 Å². The molecular weight excluding hydrogens is 441 g/mol. The predicted molar refractivity (Wildman–Crippen MR) is 119 cm³/mol. The molecule has 5 nitrogen and oxygen atoms in total. The topological polar surface area (TPSA) is 54.9 Å². The minimum Gasteiger partial charge on any atom is -0.488 e. The van der Waals surface area contributed by atoms with Crippen molar-refractivity contribution in [2.75, 3.05) is 26.3 Å². The van der Waals surface area contributed by atoms with E-state index in [1.54, 1.807) is 0 Å². The summed E-state index contributed by atoms with van der Waals surface area (Å²) in [4.78, 5) is 4.73. The highest BCUT2D eigenvalue weighted by Crippen LogP contribution is 2.24. The zero-order valence-corrected chi connectivity index (χ0v) is 18.8. The van der Waals surface area contributed by atoms with E-state index < -0.39 is 0 Å². The monoisotopic (exact) mass is 475 g/mol. The fraction of sp³-hybridized carbons (Fsp3) is 0.650. The summed E-state index contributed by atoms with van der Waals surface area (Å²) in [7, 11) is 0. The van der Waals surface area contributed by atoms with Crippen LogP contribution in [0.25, 0.3) is 0 Å². The van der Waals surface area contributed by atoms with Gasteiger partial charge in [0.25, 0.3) is 0 Å². The molecule has 0 saturated carbocycles. The molecule has 1 aromatic rings. The van der Waals surface area contributed by atoms with Crippen LogP contribution in [0.1, 0.15) is 44.7 Å². The molecule has 0 aliphatic carbocycles. The van der Waals surface area contributed by atoms with Crippen molar-refractivity contribution in [2.24, 2.45) is 10.9 Å². The molecule has 0 radical (unpaired) electrons. The Bertz CT molecular complexity index is 558. The average Bonchev–Trinajstić information content (AvgIpc) is 3.06. The lowest BCUT2D eigenvalue weighted by Gasteiger charge is -2.16. The van der Waals surface area contributed by atoms with Gasteiger partial charge in [-0.3, -0.25) is 0 Å². The summed E-state index contributed by atoms with van der Waals surface area (Å²) in [5.41, 5.74) is 2.31. The highest BCUT2D eigenvalue weighted by atomic mass is 127. The summed E-state index contributed by atoms with van der Waals surface area (Å²) >= 11 is 0. The van der Waals surface area contributed by atoms with Crippen LogP contribution in [0.2, 0.25) is 0 Å². The maximum Gasteiger partial charge on any atom is 0.191 e. The first-order chi connectivity index (χ1) is 12.1. The second-order valence-corrected chi connectivity index (χ2v) is 7.02. The lowest BCUT2D eigenvalue weighted by molar-refractivity contribution is 0.140. The number of nitrogens with zero attached hydrogens (tertiary/aromatic N) is 1. The van der Waals surface area contributed by atoms with Crippen molar-refractivity contribution in [3.8, 4) is 5.75 Å². The van der Waals surface area contributed by atoms with Crippen LogP contribution in [0, 0.1) is 12.8 Å². The SMILES string of the molecule is CCNC(=NCc1ccc(C)cc1OC1CCOC1)NCCC(C)C.I. The standard InChI is InChI=1S/C20H33N3O2.HI/c1-5-21-20(22-10-8-15(2)3)23-13-17-7-6-16(4)12-19(17)25-18-9-11-24-14-18;/h6-7,12,15,18H,5,8-11,13-14H2,1-4H3,(H2,21,22,23);1H. The molecule has 6 heteroatoms. The number of benzene rings is 1. The van der Waals surface area contributed by atoms with Crippen LogP contribution < -0.4 is 15.4 Å². The van der Waals surface area contributed by atoms with E-state index in [1.807, 2.05) is 0 Å². The number of rotatable bonds is 8. The molecule has 1 saturated heterocycles. The fourth-order valence-electron chi connectivity index (χ4n) is 2.67. The number of guanidine groups is 1. The summed E-state index contributed by atoms with van der Waals surface area (Å²) in [5, 5.41) is 6.71. The van der Waals surface area contributed by atoms with Crippen molar-refractivity contribution in [2.45, 2.75) is 53.2 Å². The van der Waals surface area contributed by atoms with E-state index in [2.05, 4.69) is 56.5 Å². The summed E-state index contributed by atoms with van der Waals surface area (Å²) in [6, 6.07) is 6.33. The molecule has 0 spiro atoms. The lowest BCUT2D eigenvalue weighted by Crippen LogP contribution is -2.38. The minimum absolute atomic E-state index is 0. The van der Waals surface area contributed by atoms with Gasteiger partial charge in [0.05, 0.1) is 19.8 Å². The van der Waals surface area contributed by atoms with Gasteiger partial charge in [0.15, 0.2) is 5.96 Å². The van der Waals surface area contributed by atoms with Crippen LogP contribution in [0.3, 0.4) is 0 Å². The van der Waals surface area contributed by atoms with Crippen molar-refractivity contribution >= 4 is 29.9 Å². The van der Waals surface area contributed by atoms with Gasteiger partial charge in [-0.1, -0.05) is 26.0 Å². The Morgan fingerprint density at radius 3 is 2.81 bits per heavy atom. The molecule has 1 atom stereocenters. The highest BCUT2D eigenvalue weighted by Gasteiger charge is 2.18. The molecule has 1 fully saturated rings. The lowest BCUT2D eigenvalue weighted by atomic mass is 10.1. The Morgan fingerprint density at radius 1 is 1.35 bits per heavy atom. The second kappa shape index (κ2) is 12.4. The molecule has 1 heterocycles. The van der Waals surface area contributed by atoms with Crippen molar-refractivity contribution in [1.29, 1.82) is 0 Å². The Morgan fingerprint density at radius 2 is 2.15 bits per heavy atom. The smallest absolute Gasteiger partial charge is 0.191 e. The van der Waals surface area contributed by atoms with Gasteiger partial charge < -0.3 is 20.1 Å². The number of ether oxygens (including phenoxy) is 2. The molecule has 2 rings (SSSR count).